The van der Waals surface area contributed by atoms with Gasteiger partial charge in [0.05, 0.1) is 4.83 Å². The minimum atomic E-state index is -0.683. The van der Waals surface area contributed by atoms with Crippen LogP contribution in [0.3, 0.4) is 0 Å². The van der Waals surface area contributed by atoms with Crippen LogP contribution in [0.1, 0.15) is 16.0 Å². The summed E-state index contributed by atoms with van der Waals surface area (Å²) in [5.74, 6) is -1.80. The molecule has 2 rings (SSSR count). The summed E-state index contributed by atoms with van der Waals surface area (Å²) in [6, 6.07) is 7.11. The fourth-order valence-corrected chi connectivity index (χ4v) is 2.76. The molecule has 0 saturated carbocycles. The highest BCUT2D eigenvalue weighted by atomic mass is 79.9. The van der Waals surface area contributed by atoms with Crippen LogP contribution in [0.2, 0.25) is 5.02 Å². The van der Waals surface area contributed by atoms with Crippen molar-refractivity contribution in [1.82, 2.24) is 0 Å². The van der Waals surface area contributed by atoms with Crippen molar-refractivity contribution in [2.24, 2.45) is 0 Å². The summed E-state index contributed by atoms with van der Waals surface area (Å²) in [4.78, 5) is -0.564. The van der Waals surface area contributed by atoms with E-state index in [2.05, 4.69) is 15.9 Å². The second kappa shape index (κ2) is 5.33. The van der Waals surface area contributed by atoms with Crippen LogP contribution in [-0.4, -0.2) is 0 Å². The molecule has 2 aromatic rings. The van der Waals surface area contributed by atoms with Crippen LogP contribution < -0.4 is 0 Å². The molecule has 0 aromatic heterocycles. The van der Waals surface area contributed by atoms with Gasteiger partial charge < -0.3 is 0 Å². The fraction of sp³-hybridized carbons (Fsp3) is 0.0769. The second-order valence-electron chi connectivity index (χ2n) is 3.69. The van der Waals surface area contributed by atoms with Crippen molar-refractivity contribution >= 4 is 27.5 Å². The van der Waals surface area contributed by atoms with E-state index in [9.17, 15) is 13.2 Å². The Morgan fingerprint density at radius 1 is 0.889 bits per heavy atom. The van der Waals surface area contributed by atoms with Crippen molar-refractivity contribution in [3.05, 3.63) is 70.0 Å². The molecule has 0 saturated heterocycles. The maximum atomic E-state index is 13.6. The first-order chi connectivity index (χ1) is 8.49. The molecule has 0 nitrogen and oxygen atoms in total. The molecule has 1 atom stereocenters. The van der Waals surface area contributed by atoms with Gasteiger partial charge >= 0.3 is 0 Å². The third kappa shape index (κ3) is 2.70. The van der Waals surface area contributed by atoms with Gasteiger partial charge in [-0.25, -0.2) is 13.2 Å². The van der Waals surface area contributed by atoms with Crippen LogP contribution >= 0.6 is 27.5 Å². The van der Waals surface area contributed by atoms with Gasteiger partial charge in [-0.2, -0.15) is 0 Å². The molecule has 0 N–H and O–H groups in total. The molecule has 0 aliphatic carbocycles. The highest BCUT2D eigenvalue weighted by Gasteiger charge is 2.18. The molecule has 0 aliphatic heterocycles. The van der Waals surface area contributed by atoms with E-state index in [1.165, 1.54) is 18.2 Å². The van der Waals surface area contributed by atoms with Crippen LogP contribution in [0.4, 0.5) is 13.2 Å². The highest BCUT2D eigenvalue weighted by molar-refractivity contribution is 9.09. The molecular formula is C13H7BrClF3. The zero-order chi connectivity index (χ0) is 13.3. The van der Waals surface area contributed by atoms with E-state index in [1.807, 2.05) is 0 Å². The molecule has 0 spiro atoms. The lowest BCUT2D eigenvalue weighted by molar-refractivity contribution is 0.574. The third-order valence-corrected chi connectivity index (χ3v) is 3.78. The average Bonchev–Trinajstić information content (AvgIpc) is 2.28. The van der Waals surface area contributed by atoms with Crippen molar-refractivity contribution in [2.45, 2.75) is 4.83 Å². The average molecular weight is 336 g/mol. The first kappa shape index (κ1) is 13.4. The SMILES string of the molecule is Fc1ccc(C(Br)c2ccc(F)cc2Cl)c(F)c1. The largest absolute Gasteiger partial charge is 0.207 e. The quantitative estimate of drug-likeness (QED) is 0.658. The first-order valence-electron chi connectivity index (χ1n) is 5.03. The van der Waals surface area contributed by atoms with Gasteiger partial charge in [-0.3, -0.25) is 0 Å². The van der Waals surface area contributed by atoms with Crippen LogP contribution in [-0.2, 0) is 0 Å². The standard InChI is InChI=1S/C13H7BrClF3/c14-13(9-3-1-7(16)5-11(9)15)10-4-2-8(17)6-12(10)18/h1-6,13H. The molecule has 2 aromatic carbocycles. The summed E-state index contributed by atoms with van der Waals surface area (Å²) >= 11 is 9.17. The lowest BCUT2D eigenvalue weighted by Gasteiger charge is -2.13. The molecule has 5 heteroatoms. The summed E-state index contributed by atoms with van der Waals surface area (Å²) in [7, 11) is 0. The zero-order valence-corrected chi connectivity index (χ0v) is 11.3. The maximum Gasteiger partial charge on any atom is 0.130 e. The molecule has 0 amide bonds. The van der Waals surface area contributed by atoms with Crippen molar-refractivity contribution in [1.29, 1.82) is 0 Å². The van der Waals surface area contributed by atoms with Gasteiger partial charge in [-0.05, 0) is 23.8 Å². The molecular weight excluding hydrogens is 328 g/mol. The van der Waals surface area contributed by atoms with E-state index in [4.69, 9.17) is 11.6 Å². The van der Waals surface area contributed by atoms with Gasteiger partial charge in [0.1, 0.15) is 17.5 Å². The van der Waals surface area contributed by atoms with Gasteiger partial charge in [0.15, 0.2) is 0 Å². The van der Waals surface area contributed by atoms with Crippen LogP contribution in [0, 0.1) is 17.5 Å². The van der Waals surface area contributed by atoms with Gasteiger partial charge in [0.25, 0.3) is 0 Å². The van der Waals surface area contributed by atoms with Crippen molar-refractivity contribution < 1.29 is 13.2 Å². The van der Waals surface area contributed by atoms with Gasteiger partial charge in [0, 0.05) is 16.7 Å². The van der Waals surface area contributed by atoms with E-state index >= 15 is 0 Å². The summed E-state index contributed by atoms with van der Waals surface area (Å²) < 4.78 is 39.3. The lowest BCUT2D eigenvalue weighted by Crippen LogP contribution is -1.98. The predicted molar refractivity (Wildman–Crippen MR) is 68.5 cm³/mol. The molecule has 0 radical (unpaired) electrons. The Hall–Kier alpha value is -1.00. The summed E-state index contributed by atoms with van der Waals surface area (Å²) in [5, 5.41) is 0.181. The Balaban J connectivity index is 2.44. The highest BCUT2D eigenvalue weighted by Crippen LogP contribution is 2.36. The van der Waals surface area contributed by atoms with E-state index in [1.54, 1.807) is 0 Å². The molecule has 0 aliphatic rings. The third-order valence-electron chi connectivity index (χ3n) is 2.47. The van der Waals surface area contributed by atoms with Crippen LogP contribution in [0.25, 0.3) is 0 Å². The minimum absolute atomic E-state index is 0.181. The topological polar surface area (TPSA) is 0 Å². The Morgan fingerprint density at radius 3 is 2.00 bits per heavy atom. The smallest absolute Gasteiger partial charge is 0.130 e. The zero-order valence-electron chi connectivity index (χ0n) is 8.93. The van der Waals surface area contributed by atoms with Crippen molar-refractivity contribution in [3.8, 4) is 0 Å². The lowest BCUT2D eigenvalue weighted by atomic mass is 10.0. The molecule has 0 fully saturated rings. The summed E-state index contributed by atoms with van der Waals surface area (Å²) in [6.07, 6.45) is 0. The first-order valence-corrected chi connectivity index (χ1v) is 6.32. The molecule has 0 bridgehead atoms. The number of benzene rings is 2. The Labute approximate surface area is 116 Å². The van der Waals surface area contributed by atoms with E-state index in [0.29, 0.717) is 5.56 Å². The number of hydrogen-bond acceptors (Lipinski definition) is 0. The number of alkyl halides is 1. The Morgan fingerprint density at radius 2 is 1.44 bits per heavy atom. The monoisotopic (exact) mass is 334 g/mol. The molecule has 0 heterocycles. The van der Waals surface area contributed by atoms with Gasteiger partial charge in [0.2, 0.25) is 0 Å². The van der Waals surface area contributed by atoms with Crippen LogP contribution in [0.15, 0.2) is 36.4 Å². The van der Waals surface area contributed by atoms with Crippen molar-refractivity contribution in [3.63, 3.8) is 0 Å². The normalized spacial score (nSPS) is 12.5. The molecule has 1 unspecified atom stereocenters. The Bertz CT molecular complexity index is 535. The van der Waals surface area contributed by atoms with E-state index in [0.717, 1.165) is 18.2 Å². The molecule has 18 heavy (non-hydrogen) atoms. The van der Waals surface area contributed by atoms with Gasteiger partial charge in [-0.1, -0.05) is 39.7 Å². The molecule has 94 valence electrons. The fourth-order valence-electron chi connectivity index (χ4n) is 1.58. The maximum absolute atomic E-state index is 13.6. The minimum Gasteiger partial charge on any atom is -0.207 e. The predicted octanol–water partition coefficient (Wildman–Crippen LogP) is 5.24. The van der Waals surface area contributed by atoms with E-state index in [-0.39, 0.29) is 10.6 Å². The van der Waals surface area contributed by atoms with Crippen molar-refractivity contribution in [2.75, 3.05) is 0 Å². The number of rotatable bonds is 2. The summed E-state index contributed by atoms with van der Waals surface area (Å²) in [6.45, 7) is 0. The number of hydrogen-bond donors (Lipinski definition) is 0. The van der Waals surface area contributed by atoms with E-state index < -0.39 is 22.3 Å². The van der Waals surface area contributed by atoms with Gasteiger partial charge in [-0.15, -0.1) is 0 Å². The number of halogens is 5. The Kier molecular flexibility index (Phi) is 3.97. The summed E-state index contributed by atoms with van der Waals surface area (Å²) in [5.41, 5.74) is 0.758. The second-order valence-corrected chi connectivity index (χ2v) is 5.02. The van der Waals surface area contributed by atoms with Crippen LogP contribution in [0.5, 0.6) is 0 Å².